The van der Waals surface area contributed by atoms with Crippen LogP contribution in [-0.4, -0.2) is 22.4 Å². The largest absolute Gasteiger partial charge is 0.314 e. The Kier molecular flexibility index (Phi) is 6.56. The fourth-order valence-corrected chi connectivity index (χ4v) is 2.69. The molecular weight excluding hydrogens is 234 g/mol. The zero-order valence-electron chi connectivity index (χ0n) is 13.5. The quantitative estimate of drug-likeness (QED) is 0.782. The molecule has 1 aromatic rings. The third kappa shape index (κ3) is 4.64. The van der Waals surface area contributed by atoms with Gasteiger partial charge in [-0.3, -0.25) is 4.68 Å². The highest BCUT2D eigenvalue weighted by atomic mass is 15.3. The number of nitrogens with one attached hydrogen (secondary N) is 1. The van der Waals surface area contributed by atoms with Crippen molar-refractivity contribution in [1.29, 1.82) is 0 Å². The Morgan fingerprint density at radius 1 is 1.26 bits per heavy atom. The van der Waals surface area contributed by atoms with E-state index in [1.807, 2.05) is 0 Å². The van der Waals surface area contributed by atoms with Crippen LogP contribution in [0.2, 0.25) is 0 Å². The summed E-state index contributed by atoms with van der Waals surface area (Å²) in [6.45, 7) is 12.5. The van der Waals surface area contributed by atoms with E-state index in [4.69, 9.17) is 0 Å². The molecule has 1 rings (SSSR count). The molecule has 19 heavy (non-hydrogen) atoms. The standard InChI is InChI=1S/C16H31N3/c1-7-9-17-13(5)16(12(3)4)11-15-10-14(8-2)18-19(15)6/h10,12-13,16-17H,7-9,11H2,1-6H3. The number of hydrogen-bond acceptors (Lipinski definition) is 2. The van der Waals surface area contributed by atoms with E-state index in [0.29, 0.717) is 17.9 Å². The zero-order chi connectivity index (χ0) is 14.4. The minimum Gasteiger partial charge on any atom is -0.314 e. The summed E-state index contributed by atoms with van der Waals surface area (Å²) < 4.78 is 2.06. The summed E-state index contributed by atoms with van der Waals surface area (Å²) in [5, 5.41) is 8.20. The monoisotopic (exact) mass is 265 g/mol. The zero-order valence-corrected chi connectivity index (χ0v) is 13.5. The maximum atomic E-state index is 4.56. The smallest absolute Gasteiger partial charge is 0.0624 e. The van der Waals surface area contributed by atoms with E-state index in [2.05, 4.69) is 62.8 Å². The lowest BCUT2D eigenvalue weighted by Crippen LogP contribution is -2.38. The van der Waals surface area contributed by atoms with Crippen LogP contribution < -0.4 is 5.32 Å². The van der Waals surface area contributed by atoms with Gasteiger partial charge in [-0.05, 0) is 50.6 Å². The van der Waals surface area contributed by atoms with Crippen LogP contribution in [0.3, 0.4) is 0 Å². The molecule has 0 radical (unpaired) electrons. The van der Waals surface area contributed by atoms with Crippen molar-refractivity contribution in [3.05, 3.63) is 17.5 Å². The van der Waals surface area contributed by atoms with Crippen LogP contribution in [0.4, 0.5) is 0 Å². The second-order valence-electron chi connectivity index (χ2n) is 5.96. The lowest BCUT2D eigenvalue weighted by Gasteiger charge is -2.28. The fourth-order valence-electron chi connectivity index (χ4n) is 2.69. The second-order valence-corrected chi connectivity index (χ2v) is 5.96. The molecule has 3 heteroatoms. The van der Waals surface area contributed by atoms with Crippen molar-refractivity contribution in [2.75, 3.05) is 6.54 Å². The normalized spacial score (nSPS) is 14.9. The third-order valence-corrected chi connectivity index (χ3v) is 4.05. The summed E-state index contributed by atoms with van der Waals surface area (Å²) in [7, 11) is 2.07. The third-order valence-electron chi connectivity index (χ3n) is 4.05. The summed E-state index contributed by atoms with van der Waals surface area (Å²) in [6.07, 6.45) is 3.32. The molecule has 1 heterocycles. The first-order valence-corrected chi connectivity index (χ1v) is 7.74. The van der Waals surface area contributed by atoms with E-state index in [9.17, 15) is 0 Å². The molecule has 3 nitrogen and oxygen atoms in total. The minimum atomic E-state index is 0.555. The molecule has 1 aromatic heterocycles. The molecule has 0 aliphatic heterocycles. The molecule has 0 aliphatic rings. The molecule has 0 fully saturated rings. The Morgan fingerprint density at radius 3 is 2.42 bits per heavy atom. The first-order chi connectivity index (χ1) is 8.99. The fraction of sp³-hybridized carbons (Fsp3) is 0.812. The van der Waals surface area contributed by atoms with Gasteiger partial charge in [0.25, 0.3) is 0 Å². The van der Waals surface area contributed by atoms with E-state index >= 15 is 0 Å². The van der Waals surface area contributed by atoms with Crippen LogP contribution in [0.5, 0.6) is 0 Å². The molecule has 2 unspecified atom stereocenters. The van der Waals surface area contributed by atoms with Crippen molar-refractivity contribution >= 4 is 0 Å². The highest BCUT2D eigenvalue weighted by Crippen LogP contribution is 2.21. The predicted molar refractivity (Wildman–Crippen MR) is 82.4 cm³/mol. The molecule has 0 saturated heterocycles. The summed E-state index contributed by atoms with van der Waals surface area (Å²) >= 11 is 0. The maximum absolute atomic E-state index is 4.56. The van der Waals surface area contributed by atoms with Crippen molar-refractivity contribution in [2.45, 2.75) is 59.9 Å². The summed E-state index contributed by atoms with van der Waals surface area (Å²) in [5.74, 6) is 1.34. The Balaban J connectivity index is 2.74. The number of hydrogen-bond donors (Lipinski definition) is 1. The molecular formula is C16H31N3. The molecule has 2 atom stereocenters. The maximum Gasteiger partial charge on any atom is 0.0624 e. The minimum absolute atomic E-state index is 0.555. The van der Waals surface area contributed by atoms with Gasteiger partial charge in [-0.25, -0.2) is 0 Å². The highest BCUT2D eigenvalue weighted by molar-refractivity contribution is 5.11. The molecule has 0 amide bonds. The van der Waals surface area contributed by atoms with Crippen LogP contribution in [0, 0.1) is 11.8 Å². The van der Waals surface area contributed by atoms with Crippen molar-refractivity contribution in [3.8, 4) is 0 Å². The lowest BCUT2D eigenvalue weighted by atomic mass is 9.85. The second kappa shape index (κ2) is 7.68. The van der Waals surface area contributed by atoms with Crippen LogP contribution in [-0.2, 0) is 19.9 Å². The Bertz CT molecular complexity index is 368. The van der Waals surface area contributed by atoms with Crippen molar-refractivity contribution in [1.82, 2.24) is 15.1 Å². The van der Waals surface area contributed by atoms with Gasteiger partial charge in [0.15, 0.2) is 0 Å². The van der Waals surface area contributed by atoms with Crippen molar-refractivity contribution in [3.63, 3.8) is 0 Å². The van der Waals surface area contributed by atoms with Gasteiger partial charge < -0.3 is 5.32 Å². The number of aromatic nitrogens is 2. The van der Waals surface area contributed by atoms with Crippen molar-refractivity contribution in [2.24, 2.45) is 18.9 Å². The van der Waals surface area contributed by atoms with Crippen LogP contribution in [0.1, 0.15) is 52.4 Å². The highest BCUT2D eigenvalue weighted by Gasteiger charge is 2.22. The topological polar surface area (TPSA) is 29.9 Å². The summed E-state index contributed by atoms with van der Waals surface area (Å²) in [6, 6.07) is 2.82. The summed E-state index contributed by atoms with van der Waals surface area (Å²) in [4.78, 5) is 0. The van der Waals surface area contributed by atoms with Crippen LogP contribution in [0.25, 0.3) is 0 Å². The molecule has 0 aromatic carbocycles. The van der Waals surface area contributed by atoms with E-state index in [0.717, 1.165) is 19.4 Å². The molecule has 0 aliphatic carbocycles. The molecule has 0 bridgehead atoms. The van der Waals surface area contributed by atoms with Gasteiger partial charge in [0.2, 0.25) is 0 Å². The van der Waals surface area contributed by atoms with Crippen LogP contribution >= 0.6 is 0 Å². The van der Waals surface area contributed by atoms with Gasteiger partial charge >= 0.3 is 0 Å². The van der Waals surface area contributed by atoms with Gasteiger partial charge in [-0.1, -0.05) is 27.7 Å². The Hall–Kier alpha value is -0.830. The number of nitrogens with zero attached hydrogens (tertiary/aromatic N) is 2. The lowest BCUT2D eigenvalue weighted by molar-refractivity contribution is 0.284. The molecule has 110 valence electrons. The van der Waals surface area contributed by atoms with Gasteiger partial charge in [0.1, 0.15) is 0 Å². The summed E-state index contributed by atoms with van der Waals surface area (Å²) in [5.41, 5.74) is 2.56. The van der Waals surface area contributed by atoms with Gasteiger partial charge in [0.05, 0.1) is 5.69 Å². The number of rotatable bonds is 8. The van der Waals surface area contributed by atoms with E-state index < -0.39 is 0 Å². The first kappa shape index (κ1) is 16.2. The Labute approximate surface area is 118 Å². The molecule has 0 spiro atoms. The first-order valence-electron chi connectivity index (χ1n) is 7.74. The van der Waals surface area contributed by atoms with E-state index in [-0.39, 0.29) is 0 Å². The van der Waals surface area contributed by atoms with Gasteiger partial charge in [0, 0.05) is 18.8 Å². The molecule has 0 saturated carbocycles. The van der Waals surface area contributed by atoms with Gasteiger partial charge in [-0.2, -0.15) is 5.10 Å². The number of aryl methyl sites for hydroxylation is 2. The van der Waals surface area contributed by atoms with E-state index in [1.54, 1.807) is 0 Å². The average Bonchev–Trinajstić information content (AvgIpc) is 2.73. The van der Waals surface area contributed by atoms with Crippen LogP contribution in [0.15, 0.2) is 6.07 Å². The average molecular weight is 265 g/mol. The Morgan fingerprint density at radius 2 is 1.95 bits per heavy atom. The van der Waals surface area contributed by atoms with Crippen molar-refractivity contribution < 1.29 is 0 Å². The van der Waals surface area contributed by atoms with Gasteiger partial charge in [-0.15, -0.1) is 0 Å². The van der Waals surface area contributed by atoms with E-state index in [1.165, 1.54) is 17.8 Å². The molecule has 1 N–H and O–H groups in total. The SMILES string of the molecule is CCCNC(C)C(Cc1cc(CC)nn1C)C(C)C. The predicted octanol–water partition coefficient (Wildman–Crippen LogP) is 3.19.